The number of likely N-dealkylation sites (tertiary alicyclic amines) is 1. The first-order valence-electron chi connectivity index (χ1n) is 6.75. The van der Waals surface area contributed by atoms with Gasteiger partial charge < -0.3 is 15.0 Å². The maximum Gasteiger partial charge on any atom is 0.236 e. The van der Waals surface area contributed by atoms with Crippen LogP contribution in [0.25, 0.3) is 0 Å². The van der Waals surface area contributed by atoms with Crippen molar-refractivity contribution in [2.75, 3.05) is 60.5 Å². The Morgan fingerprint density at radius 2 is 2.28 bits per heavy atom. The number of carbonyl (C=O) groups is 1. The fourth-order valence-corrected chi connectivity index (χ4v) is 2.27. The van der Waals surface area contributed by atoms with Gasteiger partial charge in [0.2, 0.25) is 5.91 Å². The van der Waals surface area contributed by atoms with Crippen molar-refractivity contribution < 1.29 is 9.53 Å². The lowest BCUT2D eigenvalue weighted by Crippen LogP contribution is -2.44. The zero-order valence-electron chi connectivity index (χ0n) is 11.9. The quantitative estimate of drug-likeness (QED) is 0.653. The highest BCUT2D eigenvalue weighted by atomic mass is 16.5. The minimum atomic E-state index is 0.197. The average molecular weight is 257 g/mol. The molecule has 1 atom stereocenters. The second-order valence-corrected chi connectivity index (χ2v) is 5.23. The summed E-state index contributed by atoms with van der Waals surface area (Å²) < 4.78 is 5.01. The van der Waals surface area contributed by atoms with Crippen LogP contribution in [0.2, 0.25) is 0 Å². The van der Waals surface area contributed by atoms with Crippen LogP contribution >= 0.6 is 0 Å². The normalized spacial score (nSPS) is 20.9. The van der Waals surface area contributed by atoms with E-state index in [1.165, 1.54) is 12.8 Å². The number of ether oxygens (including phenoxy) is 1. The lowest BCUT2D eigenvalue weighted by atomic mass is 9.98. The Kier molecular flexibility index (Phi) is 7.23. The van der Waals surface area contributed by atoms with Crippen molar-refractivity contribution in [3.05, 3.63) is 0 Å². The standard InChI is InChI=1S/C13H27N3O2/c1-15(2)13(17)11-16-7-4-5-12(10-16)9-14-6-8-18-3/h12,14H,4-11H2,1-3H3. The molecular weight excluding hydrogens is 230 g/mol. The highest BCUT2D eigenvalue weighted by Gasteiger charge is 2.21. The molecule has 1 saturated heterocycles. The van der Waals surface area contributed by atoms with E-state index in [0.29, 0.717) is 12.5 Å². The number of nitrogens with zero attached hydrogens (tertiary/aromatic N) is 2. The maximum absolute atomic E-state index is 11.7. The Bertz CT molecular complexity index is 246. The first kappa shape index (κ1) is 15.4. The number of amides is 1. The van der Waals surface area contributed by atoms with Gasteiger partial charge in [-0.3, -0.25) is 9.69 Å². The van der Waals surface area contributed by atoms with Crippen LogP contribution in [-0.2, 0) is 9.53 Å². The molecule has 0 radical (unpaired) electrons. The molecule has 1 N–H and O–H groups in total. The van der Waals surface area contributed by atoms with E-state index in [-0.39, 0.29) is 5.91 Å². The van der Waals surface area contributed by atoms with Gasteiger partial charge in [-0.25, -0.2) is 0 Å². The molecule has 0 aromatic heterocycles. The van der Waals surface area contributed by atoms with Gasteiger partial charge in [-0.2, -0.15) is 0 Å². The largest absolute Gasteiger partial charge is 0.383 e. The number of nitrogens with one attached hydrogen (secondary N) is 1. The number of hydrogen-bond acceptors (Lipinski definition) is 4. The third kappa shape index (κ3) is 5.80. The molecule has 1 amide bonds. The van der Waals surface area contributed by atoms with E-state index in [1.807, 2.05) is 14.1 Å². The van der Waals surface area contributed by atoms with Gasteiger partial charge in [0.25, 0.3) is 0 Å². The summed E-state index contributed by atoms with van der Waals surface area (Å²) in [5.41, 5.74) is 0. The zero-order valence-corrected chi connectivity index (χ0v) is 11.9. The summed E-state index contributed by atoms with van der Waals surface area (Å²) in [5, 5.41) is 3.41. The molecule has 1 rings (SSSR count). The van der Waals surface area contributed by atoms with E-state index in [2.05, 4.69) is 10.2 Å². The van der Waals surface area contributed by atoms with E-state index < -0.39 is 0 Å². The lowest BCUT2D eigenvalue weighted by molar-refractivity contribution is -0.130. The Morgan fingerprint density at radius 3 is 2.94 bits per heavy atom. The minimum Gasteiger partial charge on any atom is -0.383 e. The molecule has 0 saturated carbocycles. The molecule has 106 valence electrons. The zero-order chi connectivity index (χ0) is 13.4. The Labute approximate surface area is 110 Å². The van der Waals surface area contributed by atoms with Crippen LogP contribution in [0, 0.1) is 5.92 Å². The van der Waals surface area contributed by atoms with E-state index in [9.17, 15) is 4.79 Å². The van der Waals surface area contributed by atoms with Crippen LogP contribution in [0.5, 0.6) is 0 Å². The third-order valence-corrected chi connectivity index (χ3v) is 3.38. The van der Waals surface area contributed by atoms with Crippen LogP contribution in [0.15, 0.2) is 0 Å². The molecule has 1 fully saturated rings. The molecule has 1 heterocycles. The molecule has 0 aliphatic carbocycles. The van der Waals surface area contributed by atoms with Gasteiger partial charge in [-0.1, -0.05) is 0 Å². The van der Waals surface area contributed by atoms with Crippen LogP contribution in [0.3, 0.4) is 0 Å². The fourth-order valence-electron chi connectivity index (χ4n) is 2.27. The number of likely N-dealkylation sites (N-methyl/N-ethyl adjacent to an activating group) is 1. The van der Waals surface area contributed by atoms with Crippen LogP contribution in [0.4, 0.5) is 0 Å². The Morgan fingerprint density at radius 1 is 1.50 bits per heavy atom. The van der Waals surface area contributed by atoms with Crippen molar-refractivity contribution in [2.24, 2.45) is 5.92 Å². The minimum absolute atomic E-state index is 0.197. The predicted molar refractivity (Wildman–Crippen MR) is 72.6 cm³/mol. The predicted octanol–water partition coefficient (Wildman–Crippen LogP) is 0.0226. The fraction of sp³-hybridized carbons (Fsp3) is 0.923. The number of rotatable bonds is 7. The first-order valence-corrected chi connectivity index (χ1v) is 6.75. The smallest absolute Gasteiger partial charge is 0.236 e. The van der Waals surface area contributed by atoms with Gasteiger partial charge in [0.1, 0.15) is 0 Å². The van der Waals surface area contributed by atoms with E-state index in [0.717, 1.165) is 32.8 Å². The van der Waals surface area contributed by atoms with Crippen molar-refractivity contribution in [3.63, 3.8) is 0 Å². The van der Waals surface area contributed by atoms with E-state index in [1.54, 1.807) is 12.0 Å². The maximum atomic E-state index is 11.7. The van der Waals surface area contributed by atoms with Gasteiger partial charge in [0.15, 0.2) is 0 Å². The van der Waals surface area contributed by atoms with Gasteiger partial charge in [-0.05, 0) is 31.8 Å². The van der Waals surface area contributed by atoms with Gasteiger partial charge in [0.05, 0.1) is 13.2 Å². The molecule has 0 aromatic carbocycles. The first-order chi connectivity index (χ1) is 8.63. The van der Waals surface area contributed by atoms with Crippen LogP contribution < -0.4 is 5.32 Å². The second kappa shape index (κ2) is 8.45. The number of hydrogen-bond donors (Lipinski definition) is 1. The van der Waals surface area contributed by atoms with E-state index in [4.69, 9.17) is 4.74 Å². The Balaban J connectivity index is 2.21. The average Bonchev–Trinajstić information content (AvgIpc) is 2.35. The molecule has 1 unspecified atom stereocenters. The number of methoxy groups -OCH3 is 1. The summed E-state index contributed by atoms with van der Waals surface area (Å²) in [6.45, 7) is 5.32. The lowest BCUT2D eigenvalue weighted by Gasteiger charge is -2.33. The molecular formula is C13H27N3O2. The molecule has 1 aliphatic rings. The second-order valence-electron chi connectivity index (χ2n) is 5.23. The van der Waals surface area contributed by atoms with E-state index >= 15 is 0 Å². The summed E-state index contributed by atoms with van der Waals surface area (Å²) in [6, 6.07) is 0. The number of piperidine rings is 1. The van der Waals surface area contributed by atoms with Crippen molar-refractivity contribution >= 4 is 5.91 Å². The van der Waals surface area contributed by atoms with Gasteiger partial charge in [-0.15, -0.1) is 0 Å². The summed E-state index contributed by atoms with van der Waals surface area (Å²) in [5.74, 6) is 0.855. The summed E-state index contributed by atoms with van der Waals surface area (Å²) >= 11 is 0. The van der Waals surface area contributed by atoms with Crippen LogP contribution in [0.1, 0.15) is 12.8 Å². The third-order valence-electron chi connectivity index (χ3n) is 3.38. The molecule has 0 bridgehead atoms. The molecule has 5 nitrogen and oxygen atoms in total. The molecule has 0 aromatic rings. The topological polar surface area (TPSA) is 44.8 Å². The molecule has 1 aliphatic heterocycles. The monoisotopic (exact) mass is 257 g/mol. The highest BCUT2D eigenvalue weighted by molar-refractivity contribution is 5.77. The highest BCUT2D eigenvalue weighted by Crippen LogP contribution is 2.15. The van der Waals surface area contributed by atoms with Gasteiger partial charge in [0, 0.05) is 34.3 Å². The van der Waals surface area contributed by atoms with Crippen LogP contribution in [-0.4, -0.2) is 76.2 Å². The SMILES string of the molecule is COCCNCC1CCCN(CC(=O)N(C)C)C1. The molecule has 18 heavy (non-hydrogen) atoms. The molecule has 5 heteroatoms. The van der Waals surface area contributed by atoms with Crippen molar-refractivity contribution in [1.82, 2.24) is 15.1 Å². The van der Waals surface area contributed by atoms with Crippen molar-refractivity contribution in [2.45, 2.75) is 12.8 Å². The Hall–Kier alpha value is -0.650. The van der Waals surface area contributed by atoms with Crippen molar-refractivity contribution in [1.29, 1.82) is 0 Å². The van der Waals surface area contributed by atoms with Crippen molar-refractivity contribution in [3.8, 4) is 0 Å². The number of carbonyl (C=O) groups excluding carboxylic acids is 1. The summed E-state index contributed by atoms with van der Waals surface area (Å²) in [4.78, 5) is 15.6. The summed E-state index contributed by atoms with van der Waals surface area (Å²) in [7, 11) is 5.35. The summed E-state index contributed by atoms with van der Waals surface area (Å²) in [6.07, 6.45) is 2.45. The molecule has 0 spiro atoms. The van der Waals surface area contributed by atoms with Gasteiger partial charge >= 0.3 is 0 Å².